The van der Waals surface area contributed by atoms with E-state index in [0.29, 0.717) is 13.1 Å². The average molecular weight is 298 g/mol. The summed E-state index contributed by atoms with van der Waals surface area (Å²) >= 11 is 0. The van der Waals surface area contributed by atoms with Crippen molar-refractivity contribution in [1.82, 2.24) is 4.90 Å². The van der Waals surface area contributed by atoms with E-state index in [1.54, 1.807) is 0 Å². The number of piperidine rings is 1. The van der Waals surface area contributed by atoms with Gasteiger partial charge in [-0.2, -0.15) is 4.39 Å². The Bertz CT molecular complexity index is 602. The van der Waals surface area contributed by atoms with Crippen LogP contribution in [0.15, 0.2) is 12.1 Å². The van der Waals surface area contributed by atoms with Gasteiger partial charge in [-0.05, 0) is 24.3 Å². The topological polar surface area (TPSA) is 63.5 Å². The maximum Gasteiger partial charge on any atom is 0.305 e. The zero-order chi connectivity index (χ0) is 15.8. The van der Waals surface area contributed by atoms with Gasteiger partial charge in [0.15, 0.2) is 0 Å². The number of carbonyl (C=O) groups is 1. The standard InChI is InChI=1S/C14H16F2N2O3/c1-14(2)6-3-7-17(8-14)13(19)11-9(15)4-5-10(12(11)16)18(20)21/h4-5H,3,6-8H2,1-2H3. The highest BCUT2D eigenvalue weighted by atomic mass is 19.1. The second-order valence-corrected chi connectivity index (χ2v) is 6.01. The number of hydrogen-bond donors (Lipinski definition) is 0. The van der Waals surface area contributed by atoms with Gasteiger partial charge in [0.05, 0.1) is 4.92 Å². The smallest absolute Gasteiger partial charge is 0.305 e. The van der Waals surface area contributed by atoms with Gasteiger partial charge in [-0.3, -0.25) is 14.9 Å². The van der Waals surface area contributed by atoms with Crippen LogP contribution in [-0.4, -0.2) is 28.8 Å². The van der Waals surface area contributed by atoms with Crippen molar-refractivity contribution < 1.29 is 18.5 Å². The monoisotopic (exact) mass is 298 g/mol. The summed E-state index contributed by atoms with van der Waals surface area (Å²) in [5.41, 5.74) is -1.88. The second-order valence-electron chi connectivity index (χ2n) is 6.01. The first-order valence-corrected chi connectivity index (χ1v) is 6.64. The zero-order valence-electron chi connectivity index (χ0n) is 11.9. The number of amides is 1. The normalized spacial score (nSPS) is 17.6. The summed E-state index contributed by atoms with van der Waals surface area (Å²) in [5.74, 6) is -3.32. The van der Waals surface area contributed by atoms with E-state index in [4.69, 9.17) is 0 Å². The summed E-state index contributed by atoms with van der Waals surface area (Å²) in [5, 5.41) is 10.7. The molecule has 0 aliphatic carbocycles. The van der Waals surface area contributed by atoms with Crippen molar-refractivity contribution in [3.63, 3.8) is 0 Å². The fourth-order valence-electron chi connectivity index (χ4n) is 2.63. The molecule has 1 aromatic rings. The molecule has 21 heavy (non-hydrogen) atoms. The number of nitro groups is 1. The fourth-order valence-corrected chi connectivity index (χ4v) is 2.63. The lowest BCUT2D eigenvalue weighted by atomic mass is 9.84. The van der Waals surface area contributed by atoms with Crippen LogP contribution in [0.2, 0.25) is 0 Å². The molecule has 0 spiro atoms. The molecule has 1 aliphatic heterocycles. The minimum absolute atomic E-state index is 0.137. The molecule has 0 aromatic heterocycles. The highest BCUT2D eigenvalue weighted by molar-refractivity contribution is 5.95. The van der Waals surface area contributed by atoms with E-state index < -0.39 is 33.7 Å². The van der Waals surface area contributed by atoms with E-state index in [2.05, 4.69) is 0 Å². The Morgan fingerprint density at radius 3 is 2.62 bits per heavy atom. The van der Waals surface area contributed by atoms with E-state index in [1.165, 1.54) is 4.90 Å². The second kappa shape index (κ2) is 5.38. The Morgan fingerprint density at radius 2 is 2.05 bits per heavy atom. The molecule has 0 saturated carbocycles. The van der Waals surface area contributed by atoms with Crippen LogP contribution < -0.4 is 0 Å². The van der Waals surface area contributed by atoms with Crippen molar-refractivity contribution in [3.05, 3.63) is 39.4 Å². The molecule has 1 aliphatic rings. The molecule has 1 heterocycles. The van der Waals surface area contributed by atoms with Gasteiger partial charge in [-0.25, -0.2) is 4.39 Å². The van der Waals surface area contributed by atoms with E-state index in [1.807, 2.05) is 13.8 Å². The molecule has 0 bridgehead atoms. The molecule has 1 fully saturated rings. The first-order chi connectivity index (χ1) is 9.73. The van der Waals surface area contributed by atoms with Crippen molar-refractivity contribution in [2.45, 2.75) is 26.7 Å². The highest BCUT2D eigenvalue weighted by Crippen LogP contribution is 2.31. The van der Waals surface area contributed by atoms with Crippen molar-refractivity contribution in [3.8, 4) is 0 Å². The third kappa shape index (κ3) is 3.01. The molecule has 0 unspecified atom stereocenters. The Kier molecular flexibility index (Phi) is 3.93. The van der Waals surface area contributed by atoms with Crippen LogP contribution >= 0.6 is 0 Å². The number of nitro benzene ring substituents is 1. The van der Waals surface area contributed by atoms with Gasteiger partial charge < -0.3 is 4.90 Å². The summed E-state index contributed by atoms with van der Waals surface area (Å²) < 4.78 is 27.8. The summed E-state index contributed by atoms with van der Waals surface area (Å²) in [6.07, 6.45) is 1.65. The van der Waals surface area contributed by atoms with E-state index in [0.717, 1.165) is 25.0 Å². The van der Waals surface area contributed by atoms with Gasteiger partial charge in [-0.15, -0.1) is 0 Å². The van der Waals surface area contributed by atoms with Gasteiger partial charge in [0.1, 0.15) is 11.4 Å². The minimum Gasteiger partial charge on any atom is -0.338 e. The van der Waals surface area contributed by atoms with E-state index >= 15 is 0 Å². The zero-order valence-corrected chi connectivity index (χ0v) is 11.9. The predicted molar refractivity (Wildman–Crippen MR) is 71.9 cm³/mol. The molecule has 5 nitrogen and oxygen atoms in total. The lowest BCUT2D eigenvalue weighted by molar-refractivity contribution is -0.387. The molecule has 0 atom stereocenters. The maximum absolute atomic E-state index is 14.1. The third-order valence-electron chi connectivity index (χ3n) is 3.67. The number of benzene rings is 1. The highest BCUT2D eigenvalue weighted by Gasteiger charge is 2.34. The number of likely N-dealkylation sites (tertiary alicyclic amines) is 1. The minimum atomic E-state index is -1.41. The van der Waals surface area contributed by atoms with Crippen LogP contribution in [0.1, 0.15) is 37.0 Å². The van der Waals surface area contributed by atoms with Crippen molar-refractivity contribution in [2.75, 3.05) is 13.1 Å². The molecule has 1 aromatic carbocycles. The van der Waals surface area contributed by atoms with Gasteiger partial charge in [0, 0.05) is 19.2 Å². The van der Waals surface area contributed by atoms with Gasteiger partial charge in [0.2, 0.25) is 5.82 Å². The van der Waals surface area contributed by atoms with Crippen LogP contribution in [0.4, 0.5) is 14.5 Å². The van der Waals surface area contributed by atoms with Crippen LogP contribution in [0, 0.1) is 27.2 Å². The third-order valence-corrected chi connectivity index (χ3v) is 3.67. The van der Waals surface area contributed by atoms with Gasteiger partial charge in [0.25, 0.3) is 5.91 Å². The number of rotatable bonds is 2. The molecular weight excluding hydrogens is 282 g/mol. The van der Waals surface area contributed by atoms with Crippen LogP contribution in [0.3, 0.4) is 0 Å². The number of carbonyl (C=O) groups excluding carboxylic acids is 1. The molecule has 7 heteroatoms. The van der Waals surface area contributed by atoms with Gasteiger partial charge in [-0.1, -0.05) is 13.8 Å². The largest absolute Gasteiger partial charge is 0.338 e. The van der Waals surface area contributed by atoms with E-state index in [-0.39, 0.29) is 5.41 Å². The molecule has 1 saturated heterocycles. The summed E-state index contributed by atoms with van der Waals surface area (Å²) in [7, 11) is 0. The van der Waals surface area contributed by atoms with Crippen molar-refractivity contribution >= 4 is 11.6 Å². The number of hydrogen-bond acceptors (Lipinski definition) is 3. The average Bonchev–Trinajstić information content (AvgIpc) is 2.36. The Balaban J connectivity index is 2.39. The molecule has 2 rings (SSSR count). The molecule has 114 valence electrons. The Labute approximate surface area is 120 Å². The summed E-state index contributed by atoms with van der Waals surface area (Å²) in [6, 6.07) is 1.48. The lowest BCUT2D eigenvalue weighted by Crippen LogP contribution is -2.44. The lowest BCUT2D eigenvalue weighted by Gasteiger charge is -2.38. The number of nitrogens with zero attached hydrogens (tertiary/aromatic N) is 2. The Morgan fingerprint density at radius 1 is 1.38 bits per heavy atom. The SMILES string of the molecule is CC1(C)CCCN(C(=O)c2c(F)ccc([N+](=O)[O-])c2F)C1. The quantitative estimate of drug-likeness (QED) is 0.622. The molecule has 1 amide bonds. The molecular formula is C14H16F2N2O3. The predicted octanol–water partition coefficient (Wildman–Crippen LogP) is 3.14. The first kappa shape index (κ1) is 15.3. The van der Waals surface area contributed by atoms with Crippen LogP contribution in [-0.2, 0) is 0 Å². The fraction of sp³-hybridized carbons (Fsp3) is 0.500. The van der Waals surface area contributed by atoms with Crippen LogP contribution in [0.25, 0.3) is 0 Å². The molecule has 0 radical (unpaired) electrons. The van der Waals surface area contributed by atoms with Crippen molar-refractivity contribution in [1.29, 1.82) is 0 Å². The summed E-state index contributed by atoms with van der Waals surface area (Å²) in [4.78, 5) is 23.4. The first-order valence-electron chi connectivity index (χ1n) is 6.64. The van der Waals surface area contributed by atoms with Crippen molar-refractivity contribution in [2.24, 2.45) is 5.41 Å². The maximum atomic E-state index is 14.1. The number of halogens is 2. The Hall–Kier alpha value is -2.05. The van der Waals surface area contributed by atoms with E-state index in [9.17, 15) is 23.7 Å². The molecule has 0 N–H and O–H groups in total. The van der Waals surface area contributed by atoms with Crippen LogP contribution in [0.5, 0.6) is 0 Å². The summed E-state index contributed by atoms with van der Waals surface area (Å²) in [6.45, 7) is 4.69. The van der Waals surface area contributed by atoms with Gasteiger partial charge >= 0.3 is 5.69 Å².